The highest BCUT2D eigenvalue weighted by Crippen LogP contribution is 2.66. The molecule has 6 heteroatoms. The van der Waals surface area contributed by atoms with Gasteiger partial charge in [0.2, 0.25) is 11.4 Å². The van der Waals surface area contributed by atoms with Gasteiger partial charge in [0.25, 0.3) is 5.78 Å². The summed E-state index contributed by atoms with van der Waals surface area (Å²) in [5.41, 5.74) is 3.39. The Morgan fingerprint density at radius 1 is 0.783 bits per heavy atom. The first-order valence-electron chi connectivity index (χ1n) is 18.4. The lowest BCUT2D eigenvalue weighted by Gasteiger charge is -2.54. The van der Waals surface area contributed by atoms with E-state index in [1.165, 1.54) is 24.0 Å². The number of hydrogen-bond donors (Lipinski definition) is 0. The van der Waals surface area contributed by atoms with Gasteiger partial charge < -0.3 is 18.9 Å². The number of carbonyl (C=O) groups is 2. The first kappa shape index (κ1) is 29.9. The lowest BCUT2D eigenvalue weighted by Crippen LogP contribution is -2.69. The minimum absolute atomic E-state index is 0.0386. The van der Waals surface area contributed by atoms with Crippen molar-refractivity contribution in [3.05, 3.63) is 33.9 Å². The van der Waals surface area contributed by atoms with Crippen LogP contribution in [0.2, 0.25) is 0 Å². The molecule has 0 unspecified atom stereocenters. The third-order valence-electron chi connectivity index (χ3n) is 14.5. The molecule has 248 valence electrons. The fourth-order valence-electron chi connectivity index (χ4n) is 12.3. The molecule has 0 amide bonds. The summed E-state index contributed by atoms with van der Waals surface area (Å²) in [6, 6.07) is 2.29. The molecule has 0 N–H and O–H groups in total. The van der Waals surface area contributed by atoms with Gasteiger partial charge in [-0.05, 0) is 78.7 Å². The van der Waals surface area contributed by atoms with Crippen molar-refractivity contribution in [2.45, 2.75) is 161 Å². The predicted octanol–water partition coefficient (Wildman–Crippen LogP) is 8.13. The van der Waals surface area contributed by atoms with Crippen LogP contribution in [0, 0.1) is 28.6 Å². The van der Waals surface area contributed by atoms with Crippen molar-refractivity contribution in [2.24, 2.45) is 28.6 Å². The molecular weight excluding hydrogens is 576 g/mol. The summed E-state index contributed by atoms with van der Waals surface area (Å²) >= 11 is 0. The van der Waals surface area contributed by atoms with Crippen LogP contribution >= 0.6 is 0 Å². The van der Waals surface area contributed by atoms with Crippen molar-refractivity contribution in [1.82, 2.24) is 0 Å². The molecule has 9 rings (SSSR count). The van der Waals surface area contributed by atoms with Crippen molar-refractivity contribution in [3.8, 4) is 11.5 Å². The molecule has 2 saturated carbocycles. The monoisotopic (exact) mass is 628 g/mol. The number of benzene rings is 1. The van der Waals surface area contributed by atoms with Gasteiger partial charge in [-0.3, -0.25) is 9.59 Å². The first-order valence-corrected chi connectivity index (χ1v) is 18.4. The zero-order valence-electron chi connectivity index (χ0n) is 29.1. The molecule has 3 aliphatic carbocycles. The van der Waals surface area contributed by atoms with E-state index in [1.807, 2.05) is 13.8 Å². The third-order valence-corrected chi connectivity index (χ3v) is 14.5. The number of ketones is 2. The van der Waals surface area contributed by atoms with E-state index in [0.29, 0.717) is 29.6 Å². The van der Waals surface area contributed by atoms with E-state index in [1.54, 1.807) is 0 Å². The molecule has 6 nitrogen and oxygen atoms in total. The summed E-state index contributed by atoms with van der Waals surface area (Å²) < 4.78 is 28.7. The lowest BCUT2D eigenvalue weighted by atomic mass is 9.59. The van der Waals surface area contributed by atoms with E-state index in [0.717, 1.165) is 61.8 Å². The molecular formula is C40H52O6. The summed E-state index contributed by atoms with van der Waals surface area (Å²) in [5.74, 6) is 1.35. The zero-order valence-corrected chi connectivity index (χ0v) is 29.1. The average molecular weight is 629 g/mol. The molecule has 4 fully saturated rings. The lowest BCUT2D eigenvalue weighted by molar-refractivity contribution is -0.167. The second kappa shape index (κ2) is 9.08. The minimum atomic E-state index is -1.42. The van der Waals surface area contributed by atoms with Gasteiger partial charge in [0.1, 0.15) is 0 Å². The molecule has 0 radical (unpaired) electrons. The van der Waals surface area contributed by atoms with Gasteiger partial charge in [-0.15, -0.1) is 0 Å². The molecule has 1 aromatic carbocycles. The van der Waals surface area contributed by atoms with E-state index in [9.17, 15) is 9.59 Å². The highest BCUT2D eigenvalue weighted by Gasteiger charge is 2.70. The van der Waals surface area contributed by atoms with Crippen LogP contribution in [0.1, 0.15) is 142 Å². The molecule has 5 aliphatic heterocycles. The summed E-state index contributed by atoms with van der Waals surface area (Å²) in [5, 5.41) is 0. The van der Waals surface area contributed by atoms with Crippen LogP contribution in [0.4, 0.5) is 0 Å². The molecule has 4 bridgehead atoms. The number of hydrogen-bond acceptors (Lipinski definition) is 6. The van der Waals surface area contributed by atoms with E-state index in [4.69, 9.17) is 18.9 Å². The van der Waals surface area contributed by atoms with Crippen molar-refractivity contribution in [1.29, 1.82) is 0 Å². The molecule has 2 spiro atoms. The van der Waals surface area contributed by atoms with Crippen LogP contribution in [0.15, 0.2) is 17.2 Å². The van der Waals surface area contributed by atoms with Crippen LogP contribution in [0.5, 0.6) is 11.5 Å². The van der Waals surface area contributed by atoms with Crippen LogP contribution in [0.25, 0.3) is 0 Å². The Morgan fingerprint density at radius 3 is 2.02 bits per heavy atom. The van der Waals surface area contributed by atoms with Crippen molar-refractivity contribution >= 4 is 11.6 Å². The van der Waals surface area contributed by atoms with Crippen LogP contribution in [-0.2, 0) is 25.5 Å². The summed E-state index contributed by atoms with van der Waals surface area (Å²) in [7, 11) is 0. The van der Waals surface area contributed by atoms with E-state index >= 15 is 0 Å². The maximum absolute atomic E-state index is 14.6. The Bertz CT molecular complexity index is 1610. The Kier molecular flexibility index (Phi) is 5.91. The largest absolute Gasteiger partial charge is 0.477 e. The minimum Gasteiger partial charge on any atom is -0.477 e. The normalized spacial score (nSPS) is 42.4. The van der Waals surface area contributed by atoms with E-state index < -0.39 is 17.5 Å². The second-order valence-electron chi connectivity index (χ2n) is 18.4. The van der Waals surface area contributed by atoms with Gasteiger partial charge >= 0.3 is 0 Å². The Labute approximate surface area is 274 Å². The number of rotatable bonds is 2. The number of carbonyl (C=O) groups excluding carboxylic acids is 2. The quantitative estimate of drug-likeness (QED) is 0.308. The fraction of sp³-hybridized carbons (Fsp3) is 0.750. The first-order chi connectivity index (χ1) is 21.6. The summed E-state index contributed by atoms with van der Waals surface area (Å²) in [4.78, 5) is 28.9. The summed E-state index contributed by atoms with van der Waals surface area (Å²) in [6.45, 7) is 17.9. The Morgan fingerprint density at radius 2 is 1.39 bits per heavy atom. The molecule has 8 atom stereocenters. The van der Waals surface area contributed by atoms with Gasteiger partial charge in [-0.25, -0.2) is 0 Å². The van der Waals surface area contributed by atoms with Gasteiger partial charge in [0, 0.05) is 41.0 Å². The molecule has 2 saturated heterocycles. The highest BCUT2D eigenvalue weighted by molar-refractivity contribution is 6.47. The van der Waals surface area contributed by atoms with Crippen LogP contribution in [0.3, 0.4) is 0 Å². The SMILES string of the molecule is CC(C)c1cc2c(c3c1O[C@@]1(C(C)C)C(=O)C(=O)C4=C([C@@H]5C[C@H]6C(C)(C)CCC[C@@]6(C4)O5)[C@H]1O3)C[C@@]13CCCC(C)(C)[C@@H]1C[C@@H]2O3. The standard InChI is InChI=1S/C40H52O6/c1-20(2)22-15-23-24(18-38-13-9-11-36(5,6)28(38)16-26(23)44-38)32-33(22)46-40(21(3)4)34(42)31(41)25-19-39-14-10-12-37(7,8)29(39)17-27(45-39)30(25)35(40)43-32/h15,20-21,26-29,35H,9-14,16-19H2,1-8H3/t26-,27-,28-,29-,35+,38-,39-,40-/m0/s1. The molecule has 8 aliphatic rings. The Balaban J connectivity index is 1.23. The highest BCUT2D eigenvalue weighted by atomic mass is 16.6. The number of ether oxygens (including phenoxy) is 4. The zero-order chi connectivity index (χ0) is 32.3. The summed E-state index contributed by atoms with van der Waals surface area (Å²) in [6.07, 6.45) is 8.99. The van der Waals surface area contributed by atoms with E-state index in [2.05, 4.69) is 47.6 Å². The molecule has 1 aromatic rings. The molecule has 0 aromatic heterocycles. The Hall–Kier alpha value is -2.18. The van der Waals surface area contributed by atoms with E-state index in [-0.39, 0.29) is 51.9 Å². The van der Waals surface area contributed by atoms with Crippen LogP contribution in [-0.4, -0.2) is 40.6 Å². The number of fused-ring (bicyclic) bond motifs is 9. The fourth-order valence-corrected chi connectivity index (χ4v) is 12.3. The number of Topliss-reactive ketones (excluding diaryl/α,β-unsaturated/α-hetero) is 2. The predicted molar refractivity (Wildman–Crippen MR) is 174 cm³/mol. The third kappa shape index (κ3) is 3.51. The second-order valence-corrected chi connectivity index (χ2v) is 18.4. The topological polar surface area (TPSA) is 71.1 Å². The van der Waals surface area contributed by atoms with Crippen LogP contribution < -0.4 is 9.47 Å². The van der Waals surface area contributed by atoms with Crippen molar-refractivity contribution in [2.75, 3.05) is 0 Å². The van der Waals surface area contributed by atoms with Crippen molar-refractivity contribution in [3.63, 3.8) is 0 Å². The van der Waals surface area contributed by atoms with Gasteiger partial charge in [-0.1, -0.05) is 68.2 Å². The molecule has 46 heavy (non-hydrogen) atoms. The van der Waals surface area contributed by atoms with Crippen molar-refractivity contribution < 1.29 is 28.5 Å². The van der Waals surface area contributed by atoms with Gasteiger partial charge in [-0.2, -0.15) is 0 Å². The van der Waals surface area contributed by atoms with Gasteiger partial charge in [0.05, 0.1) is 23.4 Å². The molecule has 5 heterocycles. The smallest absolute Gasteiger partial charge is 0.250 e. The van der Waals surface area contributed by atoms with Gasteiger partial charge in [0.15, 0.2) is 17.6 Å². The maximum Gasteiger partial charge on any atom is 0.250 e. The average Bonchev–Trinajstić information content (AvgIpc) is 3.48. The maximum atomic E-state index is 14.6.